The van der Waals surface area contributed by atoms with Gasteiger partial charge >= 0.3 is 17.9 Å². The number of aliphatic carboxylic acids is 1. The normalized spacial score (nSPS) is 13.3. The van der Waals surface area contributed by atoms with Gasteiger partial charge in [-0.2, -0.15) is 8.78 Å². The van der Waals surface area contributed by atoms with Gasteiger partial charge in [-0.3, -0.25) is 34.2 Å². The first-order valence-electron chi connectivity index (χ1n) is 28.8. The number of amides is 1. The molecule has 1 amide bonds. The summed E-state index contributed by atoms with van der Waals surface area (Å²) in [5, 5.41) is 39.5. The second-order valence-electron chi connectivity index (χ2n) is 22.4. The average molecular weight is 1260 g/mol. The third-order valence-electron chi connectivity index (χ3n) is 13.2. The van der Waals surface area contributed by atoms with Crippen LogP contribution < -0.4 is 14.8 Å². The lowest BCUT2D eigenvalue weighted by Crippen LogP contribution is -2.34. The van der Waals surface area contributed by atoms with Crippen molar-refractivity contribution in [2.45, 2.75) is 92.4 Å². The number of halogens is 4. The largest absolute Gasteiger partial charge is 0.507 e. The minimum Gasteiger partial charge on any atom is -0.507 e. The molecular weight excluding hydrogens is 1180 g/mol. The quantitative estimate of drug-likeness (QED) is 0.00541. The van der Waals surface area contributed by atoms with Gasteiger partial charge in [-0.05, 0) is 60.8 Å². The van der Waals surface area contributed by atoms with Crippen LogP contribution in [0.1, 0.15) is 110 Å². The van der Waals surface area contributed by atoms with E-state index in [4.69, 9.17) is 33.8 Å². The Morgan fingerprint density at radius 1 is 0.644 bits per heavy atom. The van der Waals surface area contributed by atoms with Gasteiger partial charge in [0.25, 0.3) is 0 Å². The van der Waals surface area contributed by atoms with Crippen molar-refractivity contribution in [3.63, 3.8) is 0 Å². The maximum atomic E-state index is 14.0. The maximum absolute atomic E-state index is 14.0. The number of allylic oxidation sites excluding steroid dienone is 3. The van der Waals surface area contributed by atoms with Crippen LogP contribution in [0, 0.1) is 34.1 Å². The van der Waals surface area contributed by atoms with E-state index in [9.17, 15) is 56.9 Å². The maximum Gasteiger partial charge on any atom is 0.354 e. The number of aliphatic hydroxyl groups is 2. The van der Waals surface area contributed by atoms with E-state index in [0.717, 1.165) is 7.11 Å². The fourth-order valence-corrected chi connectivity index (χ4v) is 9.21. The molecule has 488 valence electrons. The van der Waals surface area contributed by atoms with Crippen LogP contribution in [0.15, 0.2) is 100 Å². The number of rotatable bonds is 38. The highest BCUT2D eigenvalue weighted by molar-refractivity contribution is 5.98. The molecule has 5 N–H and O–H groups in total. The lowest BCUT2D eigenvalue weighted by Gasteiger charge is -2.28. The summed E-state index contributed by atoms with van der Waals surface area (Å²) in [7, 11) is 1.00. The molecular formula is C63H78F4N8O15. The van der Waals surface area contributed by atoms with Crippen LogP contribution in [0.25, 0.3) is 0 Å². The van der Waals surface area contributed by atoms with Crippen LogP contribution in [0.4, 0.5) is 17.6 Å². The standard InChI is InChI=1S/C62H74F4N8O14.CH4O/c1-40(76)51-15-7-11-42(70-51)32-73(31-41-10-6-14-45(37-75)68-41)35-46-26-48(27-47(69-46)36-74(33-43-12-8-16-52(71-43)59(79)80)34-44-13-9-17-53(72-44)60(81)82)87-25-24-85-23-22-84-21-20-83-19-18-67-54(77)29-61(2,3)38-86-39-62(4,5)30-55(78)88-58-56(65)49(63)28-50(64)57(58)66;1-2/h6,8,10-12,14,16-17,26-28,37,76H,1,7,9,13,15,18-25,29-36,38-39H2,2-5H3,(H,67,77)(H,79,80)(H,81,82);2H,1H3. The van der Waals surface area contributed by atoms with Crippen LogP contribution in [0.5, 0.6) is 11.5 Å². The van der Waals surface area contributed by atoms with Crippen LogP contribution in [-0.4, -0.2) is 173 Å². The number of aromatic nitrogens is 3. The molecule has 0 aliphatic carbocycles. The third-order valence-corrected chi connectivity index (χ3v) is 13.2. The number of aliphatic imine (C=N–C) groups is 2. The van der Waals surface area contributed by atoms with Crippen molar-refractivity contribution >= 4 is 41.5 Å². The van der Waals surface area contributed by atoms with Gasteiger partial charge in [-0.1, -0.05) is 58.6 Å². The highest BCUT2D eigenvalue weighted by atomic mass is 19.2. The van der Waals surface area contributed by atoms with Gasteiger partial charge < -0.3 is 54.2 Å². The van der Waals surface area contributed by atoms with E-state index in [-0.39, 0.29) is 140 Å². The first kappa shape index (κ1) is 72.6. The summed E-state index contributed by atoms with van der Waals surface area (Å²) in [6.07, 6.45) is 6.06. The molecule has 0 atom stereocenters. The van der Waals surface area contributed by atoms with E-state index < -0.39 is 64.2 Å². The predicted molar refractivity (Wildman–Crippen MR) is 321 cm³/mol. The van der Waals surface area contributed by atoms with Crippen molar-refractivity contribution in [1.82, 2.24) is 30.1 Å². The summed E-state index contributed by atoms with van der Waals surface area (Å²) in [4.78, 5) is 87.7. The number of hydrogen-bond acceptors (Lipinski definition) is 20. The van der Waals surface area contributed by atoms with Crippen molar-refractivity contribution in [3.8, 4) is 11.5 Å². The number of carbonyl (C=O) groups excluding carboxylic acids is 3. The molecule has 23 nitrogen and oxygen atoms in total. The van der Waals surface area contributed by atoms with E-state index in [1.807, 2.05) is 35.8 Å². The molecule has 90 heavy (non-hydrogen) atoms. The van der Waals surface area contributed by atoms with Gasteiger partial charge in [0, 0.05) is 83.3 Å². The van der Waals surface area contributed by atoms with E-state index in [2.05, 4.69) is 36.6 Å². The smallest absolute Gasteiger partial charge is 0.354 e. The van der Waals surface area contributed by atoms with E-state index in [1.54, 1.807) is 56.3 Å². The summed E-state index contributed by atoms with van der Waals surface area (Å²) in [6, 6.07) is 13.5. The van der Waals surface area contributed by atoms with Crippen LogP contribution in [0.2, 0.25) is 0 Å². The molecule has 0 fully saturated rings. The summed E-state index contributed by atoms with van der Waals surface area (Å²) in [6.45, 7) is 13.8. The number of aldehydes is 1. The second kappa shape index (κ2) is 36.5. The topological polar surface area (TPSA) is 304 Å². The number of carboxylic acids is 2. The number of carboxylic acid groups (broad SMARTS) is 2. The fourth-order valence-electron chi connectivity index (χ4n) is 9.21. The number of carbonyl (C=O) groups is 5. The molecule has 27 heteroatoms. The Balaban J connectivity index is 0.00000729. The molecule has 6 rings (SSSR count). The van der Waals surface area contributed by atoms with Crippen molar-refractivity contribution in [2.75, 3.05) is 86.2 Å². The SMILES string of the molecule is C=C(O)C1=NC(CN(Cc2cccc(C=O)n2)Cc2cc(OCCOCCOCCOCCNC(=O)CC(C)(C)COCC(C)(C)CC(=O)Oc3c(F)c(F)cc(F)c3F)cc(CN(CC3=NC(C(=O)O)=CCC3)Cc3cccc(C(=O)O)n3)n2)=CCC1.CO. The number of ether oxygens (including phenoxy) is 6. The Kier molecular flexibility index (Phi) is 29.4. The van der Waals surface area contributed by atoms with Crippen LogP contribution in [0.3, 0.4) is 0 Å². The summed E-state index contributed by atoms with van der Waals surface area (Å²) in [5.41, 5.74) is 2.51. The van der Waals surface area contributed by atoms with Crippen molar-refractivity contribution in [3.05, 3.63) is 148 Å². The number of esters is 1. The molecule has 5 heterocycles. The van der Waals surface area contributed by atoms with Gasteiger partial charge in [-0.25, -0.2) is 33.3 Å². The zero-order valence-electron chi connectivity index (χ0n) is 51.1. The van der Waals surface area contributed by atoms with Crippen LogP contribution in [-0.2, 0) is 59.5 Å². The molecule has 0 saturated heterocycles. The molecule has 0 unspecified atom stereocenters. The lowest BCUT2D eigenvalue weighted by atomic mass is 9.88. The van der Waals surface area contributed by atoms with Gasteiger partial charge in [0.15, 0.2) is 17.9 Å². The Bertz CT molecular complexity index is 3220. The third kappa shape index (κ3) is 25.4. The van der Waals surface area contributed by atoms with E-state index >= 15 is 0 Å². The van der Waals surface area contributed by atoms with Gasteiger partial charge in [0.1, 0.15) is 35.2 Å². The van der Waals surface area contributed by atoms with Crippen molar-refractivity contribution in [1.29, 1.82) is 0 Å². The molecule has 0 radical (unpaired) electrons. The number of aliphatic hydroxyl groups excluding tert-OH is 2. The van der Waals surface area contributed by atoms with Crippen molar-refractivity contribution < 1.29 is 90.4 Å². The van der Waals surface area contributed by atoms with Gasteiger partial charge in [-0.15, -0.1) is 0 Å². The van der Waals surface area contributed by atoms with E-state index in [1.165, 1.54) is 6.07 Å². The number of pyridine rings is 3. The zero-order chi connectivity index (χ0) is 65.8. The van der Waals surface area contributed by atoms with Gasteiger partial charge in [0.05, 0.1) is 93.5 Å². The molecule has 0 saturated carbocycles. The minimum atomic E-state index is -1.83. The second-order valence-corrected chi connectivity index (χ2v) is 22.4. The highest BCUT2D eigenvalue weighted by Gasteiger charge is 2.30. The molecule has 3 aromatic heterocycles. The van der Waals surface area contributed by atoms with Crippen LogP contribution >= 0.6 is 0 Å². The monoisotopic (exact) mass is 1260 g/mol. The number of aromatic carboxylic acids is 1. The Morgan fingerprint density at radius 2 is 1.21 bits per heavy atom. The number of nitrogens with zero attached hydrogens (tertiary/aromatic N) is 7. The van der Waals surface area contributed by atoms with Gasteiger partial charge in [0.2, 0.25) is 23.3 Å². The summed E-state index contributed by atoms with van der Waals surface area (Å²) < 4.78 is 88.9. The zero-order valence-corrected chi connectivity index (χ0v) is 51.1. The van der Waals surface area contributed by atoms with Crippen molar-refractivity contribution in [2.24, 2.45) is 20.8 Å². The number of nitrogens with one attached hydrogen (secondary N) is 1. The Labute approximate surface area is 519 Å². The minimum absolute atomic E-state index is 0.0101. The molecule has 0 spiro atoms. The molecule has 1 aromatic carbocycles. The number of benzene rings is 1. The summed E-state index contributed by atoms with van der Waals surface area (Å²) in [5.74, 6) is -11.9. The molecule has 0 bridgehead atoms. The Hall–Kier alpha value is -8.18. The molecule has 4 aromatic rings. The average Bonchev–Trinajstić information content (AvgIpc) is 1.16. The highest BCUT2D eigenvalue weighted by Crippen LogP contribution is 2.30. The predicted octanol–water partition coefficient (Wildman–Crippen LogP) is 7.94. The van der Waals surface area contributed by atoms with E-state index in [0.29, 0.717) is 84.2 Å². The lowest BCUT2D eigenvalue weighted by molar-refractivity contribution is -0.138. The molecule has 2 aliphatic heterocycles. The fraction of sp³-hybridized carbons (Fsp3) is 0.460. The number of hydrogen-bond donors (Lipinski definition) is 5. The Morgan fingerprint density at radius 3 is 1.82 bits per heavy atom. The molecule has 2 aliphatic rings. The first-order valence-corrected chi connectivity index (χ1v) is 28.8. The first-order chi connectivity index (χ1) is 42.9. The summed E-state index contributed by atoms with van der Waals surface area (Å²) >= 11 is 0.